The number of hydrogen-bond donors (Lipinski definition) is 0. The minimum Gasteiger partial charge on any atom is -0.309 e. The SMILES string of the molecule is c1ccc(-c2ccc3c4ccccc4n(-c4cc(-c5ccc6c7ccccc7c7ccccc7c6c5)cc(-c5nc(-c6ccccc6)cc(-c6ccc7sc8ccccc8c7c6)n5)c4)c3c2)cc1. The van der Waals surface area contributed by atoms with Gasteiger partial charge in [0.25, 0.3) is 0 Å². The normalized spacial score (nSPS) is 11.8. The summed E-state index contributed by atoms with van der Waals surface area (Å²) >= 11 is 1.83. The summed E-state index contributed by atoms with van der Waals surface area (Å²) in [6, 6.07) is 85.9. The minimum absolute atomic E-state index is 0.669. The molecule has 0 saturated heterocycles. The Morgan fingerprint density at radius 1 is 0.265 bits per heavy atom. The van der Waals surface area contributed by atoms with E-state index in [-0.39, 0.29) is 0 Å². The van der Waals surface area contributed by atoms with Gasteiger partial charge in [0.1, 0.15) is 0 Å². The monoisotopic (exact) mass is 881 g/mol. The molecule has 0 atom stereocenters. The van der Waals surface area contributed by atoms with E-state index in [9.17, 15) is 0 Å². The first-order chi connectivity index (χ1) is 33.7. The summed E-state index contributed by atoms with van der Waals surface area (Å²) < 4.78 is 4.99. The van der Waals surface area contributed by atoms with Crippen LogP contribution in [0.2, 0.25) is 0 Å². The molecule has 14 aromatic rings. The molecule has 3 heterocycles. The Morgan fingerprint density at radius 3 is 1.50 bits per heavy atom. The molecule has 0 aliphatic carbocycles. The zero-order valence-corrected chi connectivity index (χ0v) is 37.6. The number of benzene rings is 11. The number of para-hydroxylation sites is 1. The van der Waals surface area contributed by atoms with Crippen LogP contribution in [0.15, 0.2) is 237 Å². The van der Waals surface area contributed by atoms with E-state index in [4.69, 9.17) is 9.97 Å². The molecule has 0 N–H and O–H groups in total. The lowest BCUT2D eigenvalue weighted by molar-refractivity contribution is 1.16. The smallest absolute Gasteiger partial charge is 0.160 e. The highest BCUT2D eigenvalue weighted by Gasteiger charge is 2.19. The average molecular weight is 882 g/mol. The van der Waals surface area contributed by atoms with Crippen molar-refractivity contribution in [3.05, 3.63) is 237 Å². The number of rotatable bonds is 6. The summed E-state index contributed by atoms with van der Waals surface area (Å²) in [4.78, 5) is 11.0. The van der Waals surface area contributed by atoms with E-state index in [1.165, 1.54) is 74.4 Å². The molecular weight excluding hydrogens is 843 g/mol. The van der Waals surface area contributed by atoms with Gasteiger partial charge in [-0.3, -0.25) is 0 Å². The third-order valence-electron chi connectivity index (χ3n) is 13.8. The van der Waals surface area contributed by atoms with Crippen LogP contribution in [0, 0.1) is 0 Å². The predicted octanol–water partition coefficient (Wildman–Crippen LogP) is 17.7. The van der Waals surface area contributed by atoms with E-state index in [2.05, 4.69) is 241 Å². The van der Waals surface area contributed by atoms with Crippen LogP contribution in [0.3, 0.4) is 0 Å². The Balaban J connectivity index is 1.05. The maximum atomic E-state index is 5.51. The van der Waals surface area contributed by atoms with Gasteiger partial charge in [0.05, 0.1) is 22.4 Å². The second-order valence-electron chi connectivity index (χ2n) is 17.7. The molecule has 0 unspecified atom stereocenters. The van der Waals surface area contributed by atoms with E-state index in [0.29, 0.717) is 5.82 Å². The van der Waals surface area contributed by atoms with E-state index in [0.717, 1.165) is 55.9 Å². The highest BCUT2D eigenvalue weighted by molar-refractivity contribution is 7.25. The third kappa shape index (κ3) is 6.26. The fourth-order valence-corrected chi connectivity index (χ4v) is 11.6. The Morgan fingerprint density at radius 2 is 0.765 bits per heavy atom. The first kappa shape index (κ1) is 38.6. The lowest BCUT2D eigenvalue weighted by atomic mass is 9.91. The molecule has 68 heavy (non-hydrogen) atoms. The Bertz CT molecular complexity index is 4280. The highest BCUT2D eigenvalue weighted by atomic mass is 32.1. The summed E-state index contributed by atoms with van der Waals surface area (Å²) in [5.74, 6) is 0.669. The maximum Gasteiger partial charge on any atom is 0.160 e. The van der Waals surface area contributed by atoms with Crippen molar-refractivity contribution < 1.29 is 0 Å². The molecule has 316 valence electrons. The second kappa shape index (κ2) is 15.5. The number of hydrogen-bond acceptors (Lipinski definition) is 3. The maximum absolute atomic E-state index is 5.51. The number of nitrogens with zero attached hydrogens (tertiary/aromatic N) is 3. The number of fused-ring (bicyclic) bond motifs is 12. The van der Waals surface area contributed by atoms with Crippen molar-refractivity contribution in [2.75, 3.05) is 0 Å². The first-order valence-electron chi connectivity index (χ1n) is 23.1. The van der Waals surface area contributed by atoms with Crippen molar-refractivity contribution in [2.24, 2.45) is 0 Å². The minimum atomic E-state index is 0.669. The van der Waals surface area contributed by atoms with Crippen LogP contribution in [-0.4, -0.2) is 14.5 Å². The number of aromatic nitrogens is 3. The molecular formula is C64H39N3S. The standard InChI is InChI=1S/C64H39N3S/c1-3-15-40(16-4-1)43-28-31-54-53-23-11-13-25-60(53)67(61(54)38-43)47-34-45(42-27-30-52-50-21-8-7-19-48(50)49-20-9-10-22-51(49)56(52)36-42)33-46(35-47)64-65-58(41-17-5-2-6-18-41)39-59(66-64)44-29-32-63-57(37-44)55-24-12-14-26-62(55)68-63/h1-39H. The van der Waals surface area contributed by atoms with Crippen LogP contribution in [0.5, 0.6) is 0 Å². The summed E-state index contributed by atoms with van der Waals surface area (Å²) in [7, 11) is 0. The van der Waals surface area contributed by atoms with E-state index >= 15 is 0 Å². The molecule has 0 aliphatic rings. The van der Waals surface area contributed by atoms with Gasteiger partial charge in [-0.25, -0.2) is 9.97 Å². The van der Waals surface area contributed by atoms with Crippen LogP contribution in [-0.2, 0) is 0 Å². The van der Waals surface area contributed by atoms with Gasteiger partial charge in [0.2, 0.25) is 0 Å². The van der Waals surface area contributed by atoms with E-state index < -0.39 is 0 Å². The van der Waals surface area contributed by atoms with Crippen LogP contribution in [0.25, 0.3) is 136 Å². The van der Waals surface area contributed by atoms with Gasteiger partial charge in [0.15, 0.2) is 5.82 Å². The second-order valence-corrected chi connectivity index (χ2v) is 18.8. The largest absolute Gasteiger partial charge is 0.309 e. The highest BCUT2D eigenvalue weighted by Crippen LogP contribution is 2.42. The van der Waals surface area contributed by atoms with Gasteiger partial charge in [-0.05, 0) is 115 Å². The van der Waals surface area contributed by atoms with Crippen molar-refractivity contribution >= 4 is 85.6 Å². The Labute approximate surface area is 396 Å². The van der Waals surface area contributed by atoms with Crippen LogP contribution >= 0.6 is 11.3 Å². The van der Waals surface area contributed by atoms with Gasteiger partial charge in [0, 0.05) is 53.3 Å². The van der Waals surface area contributed by atoms with Crippen LogP contribution in [0.4, 0.5) is 0 Å². The predicted molar refractivity (Wildman–Crippen MR) is 289 cm³/mol. The van der Waals surface area contributed by atoms with Crippen molar-refractivity contribution in [3.8, 4) is 61.8 Å². The summed E-state index contributed by atoms with van der Waals surface area (Å²) in [5.41, 5.74) is 12.7. The zero-order valence-electron chi connectivity index (χ0n) is 36.8. The lowest BCUT2D eigenvalue weighted by Crippen LogP contribution is -1.99. The summed E-state index contributed by atoms with van der Waals surface area (Å²) in [5, 5.41) is 12.4. The molecule has 0 fully saturated rings. The van der Waals surface area contributed by atoms with Gasteiger partial charge in [-0.1, -0.05) is 176 Å². The molecule has 14 rings (SSSR count). The topological polar surface area (TPSA) is 30.7 Å². The quantitative estimate of drug-likeness (QED) is 0.156. The Kier molecular flexibility index (Phi) is 8.76. The van der Waals surface area contributed by atoms with E-state index in [1.807, 2.05) is 11.3 Å². The third-order valence-corrected chi connectivity index (χ3v) is 14.9. The molecule has 0 bridgehead atoms. The zero-order chi connectivity index (χ0) is 44.7. The van der Waals surface area contributed by atoms with Crippen molar-refractivity contribution in [2.45, 2.75) is 0 Å². The van der Waals surface area contributed by atoms with Gasteiger partial charge >= 0.3 is 0 Å². The Hall–Kier alpha value is -8.70. The fraction of sp³-hybridized carbons (Fsp3) is 0. The van der Waals surface area contributed by atoms with Crippen LogP contribution in [0.1, 0.15) is 0 Å². The summed E-state index contributed by atoms with van der Waals surface area (Å²) in [6.07, 6.45) is 0. The average Bonchev–Trinajstić information content (AvgIpc) is 3.96. The molecule has 4 heteroatoms. The van der Waals surface area contributed by atoms with Gasteiger partial charge < -0.3 is 4.57 Å². The molecule has 11 aromatic carbocycles. The van der Waals surface area contributed by atoms with Crippen molar-refractivity contribution in [3.63, 3.8) is 0 Å². The molecule has 3 nitrogen and oxygen atoms in total. The molecule has 0 saturated carbocycles. The van der Waals surface area contributed by atoms with Crippen molar-refractivity contribution in [1.82, 2.24) is 14.5 Å². The van der Waals surface area contributed by atoms with Gasteiger partial charge in [-0.2, -0.15) is 0 Å². The van der Waals surface area contributed by atoms with Gasteiger partial charge in [-0.15, -0.1) is 11.3 Å². The summed E-state index contributed by atoms with van der Waals surface area (Å²) in [6.45, 7) is 0. The fourth-order valence-electron chi connectivity index (χ4n) is 10.5. The van der Waals surface area contributed by atoms with Crippen molar-refractivity contribution in [1.29, 1.82) is 0 Å². The molecule has 0 radical (unpaired) electrons. The number of thiophene rings is 1. The lowest BCUT2D eigenvalue weighted by Gasteiger charge is -2.16. The van der Waals surface area contributed by atoms with E-state index in [1.54, 1.807) is 0 Å². The molecule has 0 aliphatic heterocycles. The molecule has 0 spiro atoms. The molecule has 3 aromatic heterocycles. The van der Waals surface area contributed by atoms with Crippen LogP contribution < -0.4 is 0 Å². The molecule has 0 amide bonds. The first-order valence-corrected chi connectivity index (χ1v) is 23.9.